The summed E-state index contributed by atoms with van der Waals surface area (Å²) in [4.78, 5) is 79.4. The minimum atomic E-state index is -1.23. The molecule has 12 heteroatoms. The van der Waals surface area contributed by atoms with Gasteiger partial charge in [0.15, 0.2) is 0 Å². The van der Waals surface area contributed by atoms with Crippen LogP contribution in [0.4, 0.5) is 0 Å². The molecular formula is C23H35N5O7. The van der Waals surface area contributed by atoms with Crippen LogP contribution in [0.3, 0.4) is 0 Å². The van der Waals surface area contributed by atoms with Crippen molar-refractivity contribution in [2.45, 2.75) is 83.0 Å². The van der Waals surface area contributed by atoms with Crippen molar-refractivity contribution in [2.75, 3.05) is 19.6 Å². The highest BCUT2D eigenvalue weighted by atomic mass is 16.4. The van der Waals surface area contributed by atoms with Gasteiger partial charge in [0.05, 0.1) is 6.42 Å². The summed E-state index contributed by atoms with van der Waals surface area (Å²) in [5.41, 5.74) is 0. The maximum absolute atomic E-state index is 13.4. The van der Waals surface area contributed by atoms with Crippen molar-refractivity contribution in [1.29, 1.82) is 0 Å². The lowest BCUT2D eigenvalue weighted by molar-refractivity contribution is -0.147. The summed E-state index contributed by atoms with van der Waals surface area (Å²) in [5, 5.41) is 16.7. The van der Waals surface area contributed by atoms with Gasteiger partial charge in [-0.1, -0.05) is 13.8 Å². The molecule has 12 nitrogen and oxygen atoms in total. The summed E-state index contributed by atoms with van der Waals surface area (Å²) >= 11 is 0. The normalized spacial score (nSPS) is 27.9. The summed E-state index contributed by atoms with van der Waals surface area (Å²) < 4.78 is 0. The zero-order valence-electron chi connectivity index (χ0n) is 20.2. The number of fused-ring (bicyclic) bond motifs is 2. The Hall–Kier alpha value is -3.18. The maximum atomic E-state index is 13.4. The van der Waals surface area contributed by atoms with E-state index in [2.05, 4.69) is 16.0 Å². The van der Waals surface area contributed by atoms with Crippen LogP contribution in [0.25, 0.3) is 0 Å². The van der Waals surface area contributed by atoms with E-state index in [1.165, 1.54) is 9.80 Å². The Bertz CT molecular complexity index is 866. The summed E-state index contributed by atoms with van der Waals surface area (Å²) in [7, 11) is 0. The molecule has 3 rings (SSSR count). The molecule has 0 aromatic carbocycles. The highest BCUT2D eigenvalue weighted by molar-refractivity contribution is 5.98. The molecule has 0 saturated carbocycles. The number of amides is 5. The Morgan fingerprint density at radius 3 is 2.31 bits per heavy atom. The average molecular weight is 494 g/mol. The number of aliphatic carboxylic acids is 1. The molecule has 3 aliphatic rings. The minimum absolute atomic E-state index is 0.0670. The molecule has 3 fully saturated rings. The summed E-state index contributed by atoms with van der Waals surface area (Å²) in [6.45, 7) is 4.34. The Morgan fingerprint density at radius 1 is 1.00 bits per heavy atom. The summed E-state index contributed by atoms with van der Waals surface area (Å²) in [6.07, 6.45) is 1.96. The SMILES string of the molecule is CC(C)[C@@H]1NC(=O)[C@@H]2CCCN2C(=O)[C@H]2CCCN2C(=O)C[C@H](C(=O)NCCCC(=O)O)NC1=O. The van der Waals surface area contributed by atoms with Crippen LogP contribution in [0.1, 0.15) is 58.8 Å². The first kappa shape index (κ1) is 26.4. The lowest BCUT2D eigenvalue weighted by Gasteiger charge is -2.31. The first-order valence-electron chi connectivity index (χ1n) is 12.3. The van der Waals surface area contributed by atoms with Gasteiger partial charge in [0.2, 0.25) is 29.5 Å². The lowest BCUT2D eigenvalue weighted by Crippen LogP contribution is -2.58. The molecule has 35 heavy (non-hydrogen) atoms. The van der Waals surface area contributed by atoms with Gasteiger partial charge in [-0.05, 0) is 38.0 Å². The second-order valence-corrected chi connectivity index (χ2v) is 9.72. The van der Waals surface area contributed by atoms with E-state index in [-0.39, 0.29) is 37.6 Å². The number of carbonyl (C=O) groups is 6. The standard InChI is InChI=1S/C23H35N5O7/c1-13(2)19-22(34)25-14(20(32)24-9-3-8-18(30)31)12-17(29)27-10-5-7-16(27)23(35)28-11-4-6-15(28)21(33)26-19/h13-16,19H,3-12H2,1-2H3,(H,24,32)(H,25,34)(H,26,33)(H,30,31)/t14-,15+,16-,19+/m1/s1. The second-order valence-electron chi connectivity index (χ2n) is 9.72. The summed E-state index contributed by atoms with van der Waals surface area (Å²) in [6, 6.07) is -3.59. The van der Waals surface area contributed by atoms with Crippen LogP contribution >= 0.6 is 0 Å². The van der Waals surface area contributed by atoms with Gasteiger partial charge in [0.25, 0.3) is 0 Å². The Labute approximate surface area is 204 Å². The van der Waals surface area contributed by atoms with Crippen molar-refractivity contribution in [2.24, 2.45) is 5.92 Å². The van der Waals surface area contributed by atoms with Crippen molar-refractivity contribution >= 4 is 35.5 Å². The third kappa shape index (κ3) is 6.29. The van der Waals surface area contributed by atoms with Gasteiger partial charge in [0, 0.05) is 26.1 Å². The van der Waals surface area contributed by atoms with Crippen LogP contribution in [0.15, 0.2) is 0 Å². The lowest BCUT2D eigenvalue weighted by atomic mass is 10.0. The monoisotopic (exact) mass is 493 g/mol. The van der Waals surface area contributed by atoms with Crippen molar-refractivity contribution in [3.8, 4) is 0 Å². The van der Waals surface area contributed by atoms with Crippen LogP contribution < -0.4 is 16.0 Å². The van der Waals surface area contributed by atoms with Crippen LogP contribution in [-0.2, 0) is 28.8 Å². The van der Waals surface area contributed by atoms with E-state index in [9.17, 15) is 28.8 Å². The molecule has 0 bridgehead atoms. The van der Waals surface area contributed by atoms with Crippen LogP contribution in [0.5, 0.6) is 0 Å². The molecule has 4 N–H and O–H groups in total. The van der Waals surface area contributed by atoms with Crippen LogP contribution in [0, 0.1) is 5.92 Å². The molecule has 0 aliphatic carbocycles. The van der Waals surface area contributed by atoms with E-state index >= 15 is 0 Å². The fraction of sp³-hybridized carbons (Fsp3) is 0.739. The fourth-order valence-corrected chi connectivity index (χ4v) is 4.94. The summed E-state index contributed by atoms with van der Waals surface area (Å²) in [5.74, 6) is -3.65. The minimum Gasteiger partial charge on any atom is -0.481 e. The molecule has 0 aromatic rings. The molecule has 0 radical (unpaired) electrons. The van der Waals surface area contributed by atoms with Crippen molar-refractivity contribution < 1.29 is 33.9 Å². The molecule has 3 aliphatic heterocycles. The van der Waals surface area contributed by atoms with E-state index < -0.39 is 53.8 Å². The Balaban J connectivity index is 1.87. The Kier molecular flexibility index (Phi) is 8.68. The Morgan fingerprint density at radius 2 is 1.66 bits per heavy atom. The number of nitrogens with one attached hydrogen (secondary N) is 3. The average Bonchev–Trinajstić information content (AvgIpc) is 3.48. The number of carboxylic acid groups (broad SMARTS) is 1. The van der Waals surface area contributed by atoms with E-state index in [1.807, 2.05) is 0 Å². The van der Waals surface area contributed by atoms with E-state index in [4.69, 9.17) is 5.11 Å². The van der Waals surface area contributed by atoms with Gasteiger partial charge >= 0.3 is 5.97 Å². The van der Waals surface area contributed by atoms with Gasteiger partial charge < -0.3 is 30.9 Å². The quantitative estimate of drug-likeness (QED) is 0.344. The smallest absolute Gasteiger partial charge is 0.303 e. The maximum Gasteiger partial charge on any atom is 0.303 e. The third-order valence-electron chi connectivity index (χ3n) is 6.82. The molecule has 3 saturated heterocycles. The first-order valence-corrected chi connectivity index (χ1v) is 12.3. The predicted octanol–water partition coefficient (Wildman–Crippen LogP) is -1.02. The van der Waals surface area contributed by atoms with Gasteiger partial charge in [0.1, 0.15) is 24.2 Å². The number of nitrogens with zero attached hydrogens (tertiary/aromatic N) is 2. The van der Waals surface area contributed by atoms with E-state index in [1.54, 1.807) is 13.8 Å². The molecule has 0 aromatic heterocycles. The molecular weight excluding hydrogens is 458 g/mol. The second kappa shape index (κ2) is 11.5. The highest BCUT2D eigenvalue weighted by Crippen LogP contribution is 2.26. The van der Waals surface area contributed by atoms with Gasteiger partial charge in [-0.15, -0.1) is 0 Å². The fourth-order valence-electron chi connectivity index (χ4n) is 4.94. The predicted molar refractivity (Wildman–Crippen MR) is 123 cm³/mol. The molecule has 0 unspecified atom stereocenters. The number of carbonyl (C=O) groups excluding carboxylic acids is 5. The first-order chi connectivity index (χ1) is 16.6. The number of rotatable bonds is 6. The molecule has 0 spiro atoms. The number of hydrogen-bond acceptors (Lipinski definition) is 6. The molecule has 3 heterocycles. The molecule has 4 atom stereocenters. The molecule has 5 amide bonds. The topological polar surface area (TPSA) is 165 Å². The highest BCUT2D eigenvalue weighted by Gasteiger charge is 2.44. The van der Waals surface area contributed by atoms with Gasteiger partial charge in [-0.2, -0.15) is 0 Å². The van der Waals surface area contributed by atoms with Crippen molar-refractivity contribution in [3.63, 3.8) is 0 Å². The zero-order chi connectivity index (χ0) is 25.7. The van der Waals surface area contributed by atoms with E-state index in [0.717, 1.165) is 0 Å². The molecule has 194 valence electrons. The number of carboxylic acids is 1. The van der Waals surface area contributed by atoms with Gasteiger partial charge in [-0.25, -0.2) is 0 Å². The van der Waals surface area contributed by atoms with Crippen molar-refractivity contribution in [3.05, 3.63) is 0 Å². The van der Waals surface area contributed by atoms with Gasteiger partial charge in [-0.3, -0.25) is 28.8 Å². The largest absolute Gasteiger partial charge is 0.481 e. The van der Waals surface area contributed by atoms with Crippen LogP contribution in [0.2, 0.25) is 0 Å². The zero-order valence-corrected chi connectivity index (χ0v) is 20.2. The third-order valence-corrected chi connectivity index (χ3v) is 6.82. The number of hydrogen-bond donors (Lipinski definition) is 4. The van der Waals surface area contributed by atoms with Crippen molar-refractivity contribution in [1.82, 2.24) is 25.8 Å². The van der Waals surface area contributed by atoms with Crippen LogP contribution in [-0.4, -0.2) is 94.2 Å². The van der Waals surface area contributed by atoms with E-state index in [0.29, 0.717) is 38.8 Å².